The molecule has 2 aromatic carbocycles. The average Bonchev–Trinajstić information content (AvgIpc) is 2.91. The Labute approximate surface area is 151 Å². The van der Waals surface area contributed by atoms with Crippen LogP contribution in [0.15, 0.2) is 64.8 Å². The van der Waals surface area contributed by atoms with Gasteiger partial charge in [0.15, 0.2) is 5.17 Å². The van der Waals surface area contributed by atoms with Gasteiger partial charge in [0, 0.05) is 5.56 Å². The molecule has 6 heteroatoms. The van der Waals surface area contributed by atoms with E-state index in [0.717, 1.165) is 16.9 Å². The monoisotopic (exact) mass is 353 g/mol. The van der Waals surface area contributed by atoms with Crippen LogP contribution in [0.25, 0.3) is 0 Å². The molecule has 5 nitrogen and oxygen atoms in total. The highest BCUT2D eigenvalue weighted by molar-refractivity contribution is 8.15. The van der Waals surface area contributed by atoms with Gasteiger partial charge in [-0.25, -0.2) is 0 Å². The summed E-state index contributed by atoms with van der Waals surface area (Å²) >= 11 is 1.43. The van der Waals surface area contributed by atoms with Crippen molar-refractivity contribution in [1.29, 1.82) is 0 Å². The maximum Gasteiger partial charge on any atom is 0.242 e. The molecule has 0 radical (unpaired) electrons. The molecule has 0 N–H and O–H groups in total. The van der Waals surface area contributed by atoms with Crippen LogP contribution < -0.4 is 4.74 Å². The van der Waals surface area contributed by atoms with Crippen molar-refractivity contribution in [3.63, 3.8) is 0 Å². The molecule has 2 aromatic rings. The fourth-order valence-corrected chi connectivity index (χ4v) is 3.41. The summed E-state index contributed by atoms with van der Waals surface area (Å²) in [4.78, 5) is 14.1. The van der Waals surface area contributed by atoms with Crippen LogP contribution in [0.5, 0.6) is 5.75 Å². The van der Waals surface area contributed by atoms with E-state index in [1.165, 1.54) is 11.8 Å². The van der Waals surface area contributed by atoms with E-state index in [2.05, 4.69) is 10.2 Å². The van der Waals surface area contributed by atoms with Gasteiger partial charge in [-0.3, -0.25) is 9.69 Å². The summed E-state index contributed by atoms with van der Waals surface area (Å²) in [5.41, 5.74) is 1.90. The van der Waals surface area contributed by atoms with Gasteiger partial charge in [0.2, 0.25) is 5.91 Å². The Morgan fingerprint density at radius 3 is 2.64 bits per heavy atom. The fourth-order valence-electron chi connectivity index (χ4n) is 2.49. The third-order valence-electron chi connectivity index (χ3n) is 3.79. The van der Waals surface area contributed by atoms with E-state index in [4.69, 9.17) is 4.74 Å². The number of amidine groups is 1. The number of methoxy groups -OCH3 is 1. The summed E-state index contributed by atoms with van der Waals surface area (Å²) in [6.45, 7) is 2.39. The minimum atomic E-state index is -0.149. The molecule has 3 rings (SSSR count). The molecule has 1 fully saturated rings. The second-order valence-electron chi connectivity index (χ2n) is 5.54. The largest absolute Gasteiger partial charge is 0.496 e. The van der Waals surface area contributed by atoms with E-state index in [1.54, 1.807) is 18.2 Å². The molecule has 0 aliphatic carbocycles. The molecule has 1 aliphatic rings. The highest BCUT2D eigenvalue weighted by atomic mass is 32.2. The molecule has 0 aromatic heterocycles. The Kier molecular flexibility index (Phi) is 5.50. The lowest BCUT2D eigenvalue weighted by Gasteiger charge is -2.15. The maximum atomic E-state index is 12.4. The number of amides is 1. The summed E-state index contributed by atoms with van der Waals surface area (Å²) in [5, 5.41) is 8.90. The van der Waals surface area contributed by atoms with Crippen LogP contribution in [-0.2, 0) is 11.3 Å². The minimum absolute atomic E-state index is 0.0556. The summed E-state index contributed by atoms with van der Waals surface area (Å²) in [6, 6.07) is 17.5. The zero-order chi connectivity index (χ0) is 17.6. The quantitative estimate of drug-likeness (QED) is 0.610. The normalized spacial score (nSPS) is 19.1. The van der Waals surface area contributed by atoms with Gasteiger partial charge < -0.3 is 4.74 Å². The van der Waals surface area contributed by atoms with E-state index in [9.17, 15) is 4.79 Å². The third-order valence-corrected chi connectivity index (χ3v) is 4.86. The van der Waals surface area contributed by atoms with Gasteiger partial charge in [0.25, 0.3) is 0 Å². The fraction of sp³-hybridized carbons (Fsp3) is 0.211. The summed E-state index contributed by atoms with van der Waals surface area (Å²) < 4.78 is 5.29. The first-order chi connectivity index (χ1) is 12.2. The number of hydrogen-bond donors (Lipinski definition) is 0. The van der Waals surface area contributed by atoms with Crippen LogP contribution in [0, 0.1) is 0 Å². The van der Waals surface area contributed by atoms with Crippen LogP contribution in [-0.4, -0.2) is 34.5 Å². The van der Waals surface area contributed by atoms with Crippen molar-refractivity contribution in [2.45, 2.75) is 18.7 Å². The Morgan fingerprint density at radius 1 is 1.16 bits per heavy atom. The number of rotatable bonds is 5. The second-order valence-corrected chi connectivity index (χ2v) is 6.85. The number of para-hydroxylation sites is 1. The van der Waals surface area contributed by atoms with Gasteiger partial charge in [0.1, 0.15) is 5.75 Å². The predicted octanol–water partition coefficient (Wildman–Crippen LogP) is 3.55. The molecule has 1 amide bonds. The topological polar surface area (TPSA) is 54.3 Å². The first kappa shape index (κ1) is 17.2. The van der Waals surface area contributed by atoms with Crippen LogP contribution in [0.1, 0.15) is 18.1 Å². The molecule has 0 spiro atoms. The number of ether oxygens (including phenoxy) is 1. The van der Waals surface area contributed by atoms with E-state index < -0.39 is 0 Å². The van der Waals surface area contributed by atoms with Crippen molar-refractivity contribution < 1.29 is 9.53 Å². The summed E-state index contributed by atoms with van der Waals surface area (Å²) in [7, 11) is 1.62. The molecule has 128 valence electrons. The molecular formula is C19H19N3O2S. The number of hydrogen-bond acceptors (Lipinski definition) is 5. The van der Waals surface area contributed by atoms with Gasteiger partial charge in [-0.15, -0.1) is 5.10 Å². The number of thioether (sulfide) groups is 1. The highest BCUT2D eigenvalue weighted by Crippen LogP contribution is 2.28. The molecule has 0 saturated carbocycles. The number of nitrogens with zero attached hydrogens (tertiary/aromatic N) is 3. The zero-order valence-corrected chi connectivity index (χ0v) is 14.9. The second kappa shape index (κ2) is 7.98. The summed E-state index contributed by atoms with van der Waals surface area (Å²) in [6.07, 6.45) is 1.64. The van der Waals surface area contributed by atoms with Crippen molar-refractivity contribution in [3.8, 4) is 5.75 Å². The summed E-state index contributed by atoms with van der Waals surface area (Å²) in [5.74, 6) is 0.788. The predicted molar refractivity (Wildman–Crippen MR) is 102 cm³/mol. The third kappa shape index (κ3) is 4.09. The lowest BCUT2D eigenvalue weighted by atomic mass is 10.2. The SMILES string of the molecule is COc1ccccc1/C=N\N=C1\S[C@H](C)C(=O)N1Cc1ccccc1. The zero-order valence-electron chi connectivity index (χ0n) is 14.1. The van der Waals surface area contributed by atoms with Crippen LogP contribution in [0.2, 0.25) is 0 Å². The molecule has 1 heterocycles. The molecule has 1 saturated heterocycles. The van der Waals surface area contributed by atoms with Gasteiger partial charge in [-0.1, -0.05) is 54.2 Å². The van der Waals surface area contributed by atoms with Gasteiger partial charge in [-0.05, 0) is 24.6 Å². The Hall–Kier alpha value is -2.60. The Morgan fingerprint density at radius 2 is 1.88 bits per heavy atom. The molecule has 1 aliphatic heterocycles. The van der Waals surface area contributed by atoms with E-state index in [1.807, 2.05) is 61.5 Å². The Balaban J connectivity index is 1.80. The lowest BCUT2D eigenvalue weighted by molar-refractivity contribution is -0.126. The van der Waals surface area contributed by atoms with Crippen molar-refractivity contribution in [1.82, 2.24) is 4.90 Å². The Bertz CT molecular complexity index is 805. The van der Waals surface area contributed by atoms with Gasteiger partial charge in [0.05, 0.1) is 25.1 Å². The molecular weight excluding hydrogens is 334 g/mol. The van der Waals surface area contributed by atoms with Crippen molar-refractivity contribution in [2.24, 2.45) is 10.2 Å². The van der Waals surface area contributed by atoms with Gasteiger partial charge in [-0.2, -0.15) is 5.10 Å². The first-order valence-corrected chi connectivity index (χ1v) is 8.83. The standard InChI is InChI=1S/C19H19N3O2S/c1-14-18(23)22(13-15-8-4-3-5-9-15)19(25-14)21-20-12-16-10-6-7-11-17(16)24-2/h3-12,14H,13H2,1-2H3/b20-12-,21-19+/t14-/m1/s1. The van der Waals surface area contributed by atoms with Crippen molar-refractivity contribution in [2.75, 3.05) is 7.11 Å². The first-order valence-electron chi connectivity index (χ1n) is 7.95. The van der Waals surface area contributed by atoms with Crippen LogP contribution in [0.4, 0.5) is 0 Å². The maximum absolute atomic E-state index is 12.4. The smallest absolute Gasteiger partial charge is 0.242 e. The molecule has 1 atom stereocenters. The molecule has 0 unspecified atom stereocenters. The lowest BCUT2D eigenvalue weighted by Crippen LogP contribution is -2.30. The van der Waals surface area contributed by atoms with Crippen molar-refractivity contribution >= 4 is 29.1 Å². The number of benzene rings is 2. The van der Waals surface area contributed by atoms with Gasteiger partial charge >= 0.3 is 0 Å². The highest BCUT2D eigenvalue weighted by Gasteiger charge is 2.35. The average molecular weight is 353 g/mol. The molecule has 0 bridgehead atoms. The molecule has 25 heavy (non-hydrogen) atoms. The minimum Gasteiger partial charge on any atom is -0.496 e. The van der Waals surface area contributed by atoms with E-state index in [-0.39, 0.29) is 11.2 Å². The number of carbonyl (C=O) groups excluding carboxylic acids is 1. The van der Waals surface area contributed by atoms with Crippen LogP contribution in [0.3, 0.4) is 0 Å². The number of carbonyl (C=O) groups is 1. The van der Waals surface area contributed by atoms with E-state index >= 15 is 0 Å². The van der Waals surface area contributed by atoms with E-state index in [0.29, 0.717) is 11.7 Å². The van der Waals surface area contributed by atoms with Crippen molar-refractivity contribution in [3.05, 3.63) is 65.7 Å². The van der Waals surface area contributed by atoms with Crippen LogP contribution >= 0.6 is 11.8 Å².